The molecule has 0 fully saturated rings. The van der Waals surface area contributed by atoms with E-state index in [0.717, 1.165) is 11.4 Å². The van der Waals surface area contributed by atoms with Crippen LogP contribution in [0.3, 0.4) is 0 Å². The Morgan fingerprint density at radius 2 is 1.74 bits per heavy atom. The highest BCUT2D eigenvalue weighted by Gasteiger charge is 2.23. The van der Waals surface area contributed by atoms with Crippen molar-refractivity contribution in [2.75, 3.05) is 0 Å². The number of nitriles is 1. The first-order valence-corrected chi connectivity index (χ1v) is 6.41. The smallest absolute Gasteiger partial charge is 0.130 e. The van der Waals surface area contributed by atoms with Crippen LogP contribution in [0.15, 0.2) is 18.5 Å². The maximum absolute atomic E-state index is 9.60. The molecule has 3 nitrogen and oxygen atoms in total. The summed E-state index contributed by atoms with van der Waals surface area (Å²) < 4.78 is 1.92. The molecule has 1 unspecified atom stereocenters. The van der Waals surface area contributed by atoms with Gasteiger partial charge in [0.05, 0.1) is 6.07 Å². The lowest BCUT2D eigenvalue weighted by Crippen LogP contribution is -2.11. The fraction of sp³-hybridized carbons (Fsp3) is 0.375. The molecule has 1 aromatic carbocycles. The van der Waals surface area contributed by atoms with Crippen molar-refractivity contribution in [3.8, 4) is 6.07 Å². The van der Waals surface area contributed by atoms with Gasteiger partial charge in [-0.1, -0.05) is 6.07 Å². The molecule has 3 heteroatoms. The van der Waals surface area contributed by atoms with Crippen LogP contribution in [0.1, 0.15) is 39.6 Å². The van der Waals surface area contributed by atoms with Crippen LogP contribution in [0.5, 0.6) is 0 Å². The van der Waals surface area contributed by atoms with Gasteiger partial charge < -0.3 is 4.57 Å². The summed E-state index contributed by atoms with van der Waals surface area (Å²) >= 11 is 0. The Morgan fingerprint density at radius 3 is 2.16 bits per heavy atom. The number of hydrogen-bond acceptors (Lipinski definition) is 2. The standard InChI is InChI=1S/C16H19N3/c1-10-8-11(2)13(4)15(12(10)3)14(9-17)16-18-6-7-19(16)5/h6-8,14H,1-5H3. The van der Waals surface area contributed by atoms with E-state index >= 15 is 0 Å². The lowest BCUT2D eigenvalue weighted by Gasteiger charge is -2.19. The minimum atomic E-state index is -0.307. The number of hydrogen-bond donors (Lipinski definition) is 0. The van der Waals surface area contributed by atoms with Gasteiger partial charge in [-0.25, -0.2) is 4.98 Å². The van der Waals surface area contributed by atoms with E-state index in [2.05, 4.69) is 44.8 Å². The Morgan fingerprint density at radius 1 is 1.16 bits per heavy atom. The summed E-state index contributed by atoms with van der Waals surface area (Å²) in [5.41, 5.74) is 5.95. The van der Waals surface area contributed by atoms with Gasteiger partial charge in [-0.2, -0.15) is 5.26 Å². The molecule has 2 rings (SSSR count). The predicted octanol–water partition coefficient (Wildman–Crippen LogP) is 3.31. The lowest BCUT2D eigenvalue weighted by atomic mass is 9.86. The van der Waals surface area contributed by atoms with Crippen LogP contribution in [-0.2, 0) is 7.05 Å². The summed E-state index contributed by atoms with van der Waals surface area (Å²) in [5, 5.41) is 9.60. The van der Waals surface area contributed by atoms with Gasteiger partial charge in [0.2, 0.25) is 0 Å². The van der Waals surface area contributed by atoms with Crippen molar-refractivity contribution in [2.24, 2.45) is 7.05 Å². The molecule has 1 heterocycles. The van der Waals surface area contributed by atoms with Gasteiger partial charge in [-0.15, -0.1) is 0 Å². The monoisotopic (exact) mass is 253 g/mol. The molecule has 0 aliphatic carbocycles. The Labute approximate surface area is 114 Å². The van der Waals surface area contributed by atoms with Crippen LogP contribution in [0.2, 0.25) is 0 Å². The highest BCUT2D eigenvalue weighted by atomic mass is 15.0. The molecule has 2 aromatic rings. The molecule has 1 aromatic heterocycles. The maximum Gasteiger partial charge on any atom is 0.130 e. The van der Waals surface area contributed by atoms with E-state index in [-0.39, 0.29) is 5.92 Å². The first-order valence-electron chi connectivity index (χ1n) is 6.41. The highest BCUT2D eigenvalue weighted by molar-refractivity contribution is 5.50. The number of aromatic nitrogens is 2. The minimum Gasteiger partial charge on any atom is -0.337 e. The molecule has 98 valence electrons. The Hall–Kier alpha value is -2.08. The quantitative estimate of drug-likeness (QED) is 0.824. The van der Waals surface area contributed by atoms with E-state index in [0.29, 0.717) is 0 Å². The SMILES string of the molecule is Cc1cc(C)c(C)c(C(C#N)c2nccn2C)c1C. The third-order valence-corrected chi connectivity index (χ3v) is 3.96. The van der Waals surface area contributed by atoms with Crippen molar-refractivity contribution < 1.29 is 0 Å². The molecule has 0 bridgehead atoms. The summed E-state index contributed by atoms with van der Waals surface area (Å²) in [4.78, 5) is 4.35. The average molecular weight is 253 g/mol. The predicted molar refractivity (Wildman–Crippen MR) is 76.1 cm³/mol. The van der Waals surface area contributed by atoms with Crippen LogP contribution in [0, 0.1) is 39.0 Å². The molecule has 0 aliphatic heterocycles. The van der Waals surface area contributed by atoms with E-state index < -0.39 is 0 Å². The fourth-order valence-corrected chi connectivity index (χ4v) is 2.59. The first-order chi connectivity index (χ1) is 8.97. The van der Waals surface area contributed by atoms with Crippen molar-refractivity contribution >= 4 is 0 Å². The van der Waals surface area contributed by atoms with Gasteiger partial charge in [0.15, 0.2) is 0 Å². The number of rotatable bonds is 2. The summed E-state index contributed by atoms with van der Waals surface area (Å²) in [6.07, 6.45) is 3.62. The van der Waals surface area contributed by atoms with E-state index in [1.807, 2.05) is 17.8 Å². The summed E-state index contributed by atoms with van der Waals surface area (Å²) in [7, 11) is 1.93. The van der Waals surface area contributed by atoms with Crippen molar-refractivity contribution in [2.45, 2.75) is 33.6 Å². The van der Waals surface area contributed by atoms with Crippen LogP contribution < -0.4 is 0 Å². The van der Waals surface area contributed by atoms with E-state index in [4.69, 9.17) is 0 Å². The second-order valence-corrected chi connectivity index (χ2v) is 5.13. The van der Waals surface area contributed by atoms with E-state index in [9.17, 15) is 5.26 Å². The van der Waals surface area contributed by atoms with Gasteiger partial charge in [0.1, 0.15) is 11.7 Å². The largest absolute Gasteiger partial charge is 0.337 e. The zero-order chi connectivity index (χ0) is 14.2. The average Bonchev–Trinajstić information content (AvgIpc) is 2.78. The van der Waals surface area contributed by atoms with Gasteiger partial charge in [0, 0.05) is 19.4 Å². The molecule has 19 heavy (non-hydrogen) atoms. The Balaban J connectivity index is 2.70. The van der Waals surface area contributed by atoms with Crippen LogP contribution in [-0.4, -0.2) is 9.55 Å². The van der Waals surface area contributed by atoms with Crippen molar-refractivity contribution in [1.82, 2.24) is 9.55 Å². The molecule has 0 saturated carbocycles. The van der Waals surface area contributed by atoms with Gasteiger partial charge in [0.25, 0.3) is 0 Å². The zero-order valence-corrected chi connectivity index (χ0v) is 12.2. The minimum absolute atomic E-state index is 0.307. The van der Waals surface area contributed by atoms with Gasteiger partial charge in [-0.3, -0.25) is 0 Å². The summed E-state index contributed by atoms with van der Waals surface area (Å²) in [6, 6.07) is 4.60. The van der Waals surface area contributed by atoms with Crippen LogP contribution in [0.4, 0.5) is 0 Å². The fourth-order valence-electron chi connectivity index (χ4n) is 2.59. The molecule has 0 aliphatic rings. The topological polar surface area (TPSA) is 41.6 Å². The van der Waals surface area contributed by atoms with Crippen molar-refractivity contribution in [3.63, 3.8) is 0 Å². The van der Waals surface area contributed by atoms with Gasteiger partial charge >= 0.3 is 0 Å². The second kappa shape index (κ2) is 4.89. The van der Waals surface area contributed by atoms with Crippen LogP contribution >= 0.6 is 0 Å². The van der Waals surface area contributed by atoms with Gasteiger partial charge in [-0.05, 0) is 55.5 Å². The number of aryl methyl sites for hydroxylation is 3. The molecule has 0 N–H and O–H groups in total. The van der Waals surface area contributed by atoms with E-state index in [1.165, 1.54) is 22.3 Å². The Bertz CT molecular complexity index is 633. The zero-order valence-electron chi connectivity index (χ0n) is 12.2. The molecule has 0 saturated heterocycles. The lowest BCUT2D eigenvalue weighted by molar-refractivity contribution is 0.776. The highest BCUT2D eigenvalue weighted by Crippen LogP contribution is 2.31. The molecule has 1 atom stereocenters. The molecule has 0 amide bonds. The Kier molecular flexibility index (Phi) is 3.44. The maximum atomic E-state index is 9.60. The number of nitrogens with zero attached hydrogens (tertiary/aromatic N) is 3. The third kappa shape index (κ3) is 2.15. The second-order valence-electron chi connectivity index (χ2n) is 5.13. The first kappa shape index (κ1) is 13.4. The summed E-state index contributed by atoms with van der Waals surface area (Å²) in [5.74, 6) is 0.497. The number of imidazole rings is 1. The number of benzene rings is 1. The van der Waals surface area contributed by atoms with E-state index in [1.54, 1.807) is 6.20 Å². The normalized spacial score (nSPS) is 12.2. The third-order valence-electron chi connectivity index (χ3n) is 3.96. The molecular formula is C16H19N3. The molecule has 0 radical (unpaired) electrons. The molecular weight excluding hydrogens is 234 g/mol. The summed E-state index contributed by atoms with van der Waals surface area (Å²) in [6.45, 7) is 8.37. The molecule has 0 spiro atoms. The van der Waals surface area contributed by atoms with Crippen molar-refractivity contribution in [3.05, 3.63) is 52.1 Å². The van der Waals surface area contributed by atoms with Crippen molar-refractivity contribution in [1.29, 1.82) is 5.26 Å². The van der Waals surface area contributed by atoms with Crippen LogP contribution in [0.25, 0.3) is 0 Å².